The molecule has 1 heterocycles. The third-order valence-electron chi connectivity index (χ3n) is 2.31. The van der Waals surface area contributed by atoms with E-state index in [4.69, 9.17) is 21.1 Å². The Morgan fingerprint density at radius 2 is 2.11 bits per heavy atom. The van der Waals surface area contributed by atoms with Crippen molar-refractivity contribution in [3.05, 3.63) is 18.2 Å². The van der Waals surface area contributed by atoms with Gasteiger partial charge in [0, 0.05) is 17.6 Å². The van der Waals surface area contributed by atoms with E-state index < -0.39 is 10.5 Å². The number of carbonyl (C=O) groups is 2. The van der Waals surface area contributed by atoms with Crippen molar-refractivity contribution in [1.29, 1.82) is 0 Å². The predicted octanol–water partition coefficient (Wildman–Crippen LogP) is 2.92. The molecule has 4 nitrogen and oxygen atoms in total. The van der Waals surface area contributed by atoms with E-state index in [0.717, 1.165) is 16.7 Å². The van der Waals surface area contributed by atoms with Gasteiger partial charge < -0.3 is 9.47 Å². The molecule has 1 atom stereocenters. The Bertz CT molecular complexity index is 507. The molecule has 1 aromatic rings. The van der Waals surface area contributed by atoms with E-state index in [-0.39, 0.29) is 11.9 Å². The van der Waals surface area contributed by atoms with Crippen molar-refractivity contribution in [3.63, 3.8) is 0 Å². The molecule has 0 aromatic heterocycles. The van der Waals surface area contributed by atoms with Crippen LogP contribution in [0.15, 0.2) is 23.1 Å². The number of thioether (sulfide) groups is 2. The molecule has 7 heteroatoms. The van der Waals surface area contributed by atoms with Crippen LogP contribution in [0.3, 0.4) is 0 Å². The highest BCUT2D eigenvalue weighted by Crippen LogP contribution is 2.37. The van der Waals surface area contributed by atoms with E-state index in [1.807, 2.05) is 6.07 Å². The van der Waals surface area contributed by atoms with E-state index in [1.165, 1.54) is 18.7 Å². The van der Waals surface area contributed by atoms with E-state index in [0.29, 0.717) is 17.3 Å². The third kappa shape index (κ3) is 4.06. The molecule has 0 amide bonds. The molecule has 0 radical (unpaired) electrons. The van der Waals surface area contributed by atoms with Gasteiger partial charge in [-0.25, -0.2) is 0 Å². The van der Waals surface area contributed by atoms with Crippen LogP contribution in [0.2, 0.25) is 0 Å². The average molecular weight is 319 g/mol. The van der Waals surface area contributed by atoms with E-state index in [1.54, 1.807) is 12.1 Å². The summed E-state index contributed by atoms with van der Waals surface area (Å²) in [7, 11) is 0. The van der Waals surface area contributed by atoms with Crippen LogP contribution in [0, 0.1) is 0 Å². The summed E-state index contributed by atoms with van der Waals surface area (Å²) in [6, 6.07) is 5.43. The summed E-state index contributed by atoms with van der Waals surface area (Å²) in [5, 5.41) is -0.957. The number of fused-ring (bicyclic) bond motifs is 1. The second-order valence-electron chi connectivity index (χ2n) is 3.73. The van der Waals surface area contributed by atoms with Crippen molar-refractivity contribution in [1.82, 2.24) is 0 Å². The van der Waals surface area contributed by atoms with Gasteiger partial charge >= 0.3 is 0 Å². The van der Waals surface area contributed by atoms with Crippen LogP contribution in [0.1, 0.15) is 6.92 Å². The van der Waals surface area contributed by atoms with Gasteiger partial charge in [-0.3, -0.25) is 9.59 Å². The second-order valence-corrected chi connectivity index (χ2v) is 6.57. The molecule has 0 aliphatic carbocycles. The fourth-order valence-corrected chi connectivity index (χ4v) is 3.51. The van der Waals surface area contributed by atoms with Gasteiger partial charge in [0.15, 0.2) is 16.6 Å². The molecule has 1 unspecified atom stereocenters. The fraction of sp³-hybridized carbons (Fsp3) is 0.333. The molecule has 0 spiro atoms. The number of hydrogen-bond acceptors (Lipinski definition) is 6. The van der Waals surface area contributed by atoms with E-state index in [9.17, 15) is 9.59 Å². The van der Waals surface area contributed by atoms with Gasteiger partial charge in [0.2, 0.25) is 12.0 Å². The third-order valence-corrected chi connectivity index (χ3v) is 5.02. The van der Waals surface area contributed by atoms with Crippen molar-refractivity contribution in [2.45, 2.75) is 17.1 Å². The van der Waals surface area contributed by atoms with Crippen molar-refractivity contribution >= 4 is 45.5 Å². The molecule has 19 heavy (non-hydrogen) atoms. The molecule has 1 aliphatic heterocycles. The minimum atomic E-state index is -0.462. The zero-order valence-electron chi connectivity index (χ0n) is 10.1. The van der Waals surface area contributed by atoms with Crippen molar-refractivity contribution in [2.75, 3.05) is 12.5 Å². The lowest BCUT2D eigenvalue weighted by atomic mass is 10.3. The van der Waals surface area contributed by atoms with E-state index in [2.05, 4.69) is 0 Å². The van der Waals surface area contributed by atoms with Crippen LogP contribution in [0.5, 0.6) is 11.5 Å². The number of benzene rings is 1. The van der Waals surface area contributed by atoms with Gasteiger partial charge in [0.25, 0.3) is 0 Å². The normalized spacial score (nSPS) is 14.2. The lowest BCUT2D eigenvalue weighted by Gasteiger charge is -2.11. The van der Waals surface area contributed by atoms with Crippen LogP contribution >= 0.6 is 35.1 Å². The van der Waals surface area contributed by atoms with Crippen LogP contribution < -0.4 is 9.47 Å². The Hall–Kier alpha value is -0.850. The van der Waals surface area contributed by atoms with Crippen molar-refractivity contribution in [2.24, 2.45) is 0 Å². The molecule has 2 rings (SSSR count). The summed E-state index contributed by atoms with van der Waals surface area (Å²) in [5.41, 5.74) is 0. The first-order valence-corrected chi connectivity index (χ1v) is 7.69. The standard InChI is InChI=1S/C12H11ClO4S2/c1-7(14)18-5-11(12(13)15)19-8-2-3-9-10(4-8)17-6-16-9/h2-4,11H,5-6H2,1H3. The monoisotopic (exact) mass is 318 g/mol. The van der Waals surface area contributed by atoms with Gasteiger partial charge in [-0.1, -0.05) is 11.8 Å². The lowest BCUT2D eigenvalue weighted by Crippen LogP contribution is -2.15. The SMILES string of the molecule is CC(=O)SCC(Sc1ccc2c(c1)OCO2)C(=O)Cl. The maximum absolute atomic E-state index is 11.4. The lowest BCUT2D eigenvalue weighted by molar-refractivity contribution is -0.110. The molecule has 0 saturated carbocycles. The first kappa shape index (κ1) is 14.6. The van der Waals surface area contributed by atoms with Crippen molar-refractivity contribution in [3.8, 4) is 11.5 Å². The number of halogens is 1. The zero-order chi connectivity index (χ0) is 13.8. The van der Waals surface area contributed by atoms with Gasteiger partial charge in [-0.2, -0.15) is 0 Å². The summed E-state index contributed by atoms with van der Waals surface area (Å²) in [5.74, 6) is 1.71. The van der Waals surface area contributed by atoms with Crippen LogP contribution in [-0.4, -0.2) is 28.2 Å². The largest absolute Gasteiger partial charge is 0.454 e. The zero-order valence-corrected chi connectivity index (χ0v) is 12.4. The molecule has 1 aromatic carbocycles. The average Bonchev–Trinajstić information content (AvgIpc) is 2.81. The van der Waals surface area contributed by atoms with Gasteiger partial charge in [-0.15, -0.1) is 11.8 Å². The Morgan fingerprint density at radius 1 is 1.37 bits per heavy atom. The molecule has 0 saturated heterocycles. The minimum Gasteiger partial charge on any atom is -0.454 e. The maximum Gasteiger partial charge on any atom is 0.235 e. The molecule has 0 N–H and O–H groups in total. The Morgan fingerprint density at radius 3 is 2.79 bits per heavy atom. The maximum atomic E-state index is 11.4. The van der Waals surface area contributed by atoms with Gasteiger partial charge in [0.05, 0.1) is 5.25 Å². The molecular weight excluding hydrogens is 308 g/mol. The molecule has 0 bridgehead atoms. The smallest absolute Gasteiger partial charge is 0.235 e. The Balaban J connectivity index is 2.04. The quantitative estimate of drug-likeness (QED) is 0.614. The highest BCUT2D eigenvalue weighted by Gasteiger charge is 2.21. The Kier molecular flexibility index (Phi) is 5.01. The van der Waals surface area contributed by atoms with Gasteiger partial charge in [0.1, 0.15) is 0 Å². The first-order valence-electron chi connectivity index (χ1n) is 5.45. The summed E-state index contributed by atoms with van der Waals surface area (Å²) in [4.78, 5) is 23.2. The summed E-state index contributed by atoms with van der Waals surface area (Å²) >= 11 is 7.96. The topological polar surface area (TPSA) is 52.6 Å². The molecule has 1 aliphatic rings. The molecular formula is C12H11ClO4S2. The van der Waals surface area contributed by atoms with Crippen LogP contribution in [-0.2, 0) is 9.59 Å². The summed E-state index contributed by atoms with van der Waals surface area (Å²) < 4.78 is 10.5. The van der Waals surface area contributed by atoms with Crippen LogP contribution in [0.4, 0.5) is 0 Å². The first-order chi connectivity index (χ1) is 9.06. The molecule has 102 valence electrons. The summed E-state index contributed by atoms with van der Waals surface area (Å²) in [6.45, 7) is 1.67. The van der Waals surface area contributed by atoms with Gasteiger partial charge in [-0.05, 0) is 29.8 Å². The van der Waals surface area contributed by atoms with E-state index >= 15 is 0 Å². The van der Waals surface area contributed by atoms with Crippen molar-refractivity contribution < 1.29 is 19.1 Å². The van der Waals surface area contributed by atoms with Crippen LogP contribution in [0.25, 0.3) is 0 Å². The summed E-state index contributed by atoms with van der Waals surface area (Å²) in [6.07, 6.45) is 0. The minimum absolute atomic E-state index is 0.0331. The second kappa shape index (κ2) is 6.54. The number of hydrogen-bond donors (Lipinski definition) is 0. The fourth-order valence-electron chi connectivity index (χ4n) is 1.45. The molecule has 0 fully saturated rings. The number of carbonyl (C=O) groups excluding carboxylic acids is 2. The highest BCUT2D eigenvalue weighted by molar-refractivity contribution is 8.14. The number of rotatable bonds is 5. The predicted molar refractivity (Wildman–Crippen MR) is 76.2 cm³/mol. The Labute approximate surface area is 124 Å². The number of ether oxygens (including phenoxy) is 2. The highest BCUT2D eigenvalue weighted by atomic mass is 35.5.